The summed E-state index contributed by atoms with van der Waals surface area (Å²) in [5, 5.41) is 3.37. The first kappa shape index (κ1) is 12.9. The summed E-state index contributed by atoms with van der Waals surface area (Å²) in [5.41, 5.74) is 7.49. The van der Waals surface area contributed by atoms with Gasteiger partial charge in [-0.15, -0.1) is 0 Å². The molecule has 0 aliphatic carbocycles. The molecule has 1 aromatic rings. The second-order valence-corrected chi connectivity index (χ2v) is 4.92. The molecule has 18 heavy (non-hydrogen) atoms. The summed E-state index contributed by atoms with van der Waals surface area (Å²) in [6, 6.07) is 7.61. The largest absolute Gasteiger partial charge is 0.351 e. The first-order chi connectivity index (χ1) is 8.68. The molecule has 0 saturated carbocycles. The highest BCUT2D eigenvalue weighted by atomic mass is 16.2. The van der Waals surface area contributed by atoms with Crippen molar-refractivity contribution in [3.05, 3.63) is 29.8 Å². The molecule has 0 aromatic heterocycles. The molecule has 0 atom stereocenters. The van der Waals surface area contributed by atoms with Gasteiger partial charge in [-0.25, -0.2) is 4.79 Å². The van der Waals surface area contributed by atoms with Crippen molar-refractivity contribution >= 4 is 11.7 Å². The van der Waals surface area contributed by atoms with Crippen molar-refractivity contribution in [3.63, 3.8) is 0 Å². The van der Waals surface area contributed by atoms with Crippen molar-refractivity contribution in [2.75, 3.05) is 25.0 Å². The first-order valence-corrected chi connectivity index (χ1v) is 6.50. The quantitative estimate of drug-likeness (QED) is 0.855. The Balaban J connectivity index is 2.13. The normalized spacial score (nSPS) is 16.5. The van der Waals surface area contributed by atoms with E-state index in [0.717, 1.165) is 25.2 Å². The molecule has 4 nitrogen and oxygen atoms in total. The fraction of sp³-hybridized carbons (Fsp3) is 0.500. The average Bonchev–Trinajstić information content (AvgIpc) is 2.39. The smallest absolute Gasteiger partial charge is 0.319 e. The number of amides is 2. The van der Waals surface area contributed by atoms with E-state index in [4.69, 9.17) is 5.73 Å². The molecule has 0 bridgehead atoms. The number of rotatable bonds is 3. The van der Waals surface area contributed by atoms with Crippen molar-refractivity contribution in [3.8, 4) is 0 Å². The van der Waals surface area contributed by atoms with Crippen LogP contribution in [-0.4, -0.2) is 26.2 Å². The molecule has 3 N–H and O–H groups in total. The van der Waals surface area contributed by atoms with E-state index in [9.17, 15) is 4.79 Å². The number of nitrogens with two attached hydrogens (primary N) is 1. The van der Waals surface area contributed by atoms with Crippen LogP contribution in [0.25, 0.3) is 0 Å². The lowest BCUT2D eigenvalue weighted by atomic mass is 9.90. The van der Waals surface area contributed by atoms with Gasteiger partial charge < -0.3 is 11.1 Å². The molecule has 0 radical (unpaired) electrons. The Labute approximate surface area is 108 Å². The Hall–Kier alpha value is -1.55. The summed E-state index contributed by atoms with van der Waals surface area (Å²) in [6.07, 6.45) is 3.43. The van der Waals surface area contributed by atoms with Crippen molar-refractivity contribution in [2.45, 2.75) is 19.3 Å². The third-order valence-corrected chi connectivity index (χ3v) is 3.65. The van der Waals surface area contributed by atoms with Crippen LogP contribution in [0.4, 0.5) is 10.5 Å². The van der Waals surface area contributed by atoms with Gasteiger partial charge in [0.05, 0.1) is 0 Å². The SMILES string of the molecule is CN(C(N)=O)c1ccccc1CC1CCNCC1. The summed E-state index contributed by atoms with van der Waals surface area (Å²) >= 11 is 0. The van der Waals surface area contributed by atoms with Crippen LogP contribution in [0.15, 0.2) is 24.3 Å². The minimum absolute atomic E-state index is 0.409. The summed E-state index contributed by atoms with van der Waals surface area (Å²) in [4.78, 5) is 12.8. The van der Waals surface area contributed by atoms with Gasteiger partial charge >= 0.3 is 6.03 Å². The molecule has 1 aromatic carbocycles. The minimum atomic E-state index is -0.409. The molecule has 1 aliphatic heterocycles. The number of nitrogens with one attached hydrogen (secondary N) is 1. The lowest BCUT2D eigenvalue weighted by Gasteiger charge is -2.25. The molecule has 1 fully saturated rings. The second-order valence-electron chi connectivity index (χ2n) is 4.92. The minimum Gasteiger partial charge on any atom is -0.351 e. The van der Waals surface area contributed by atoms with Gasteiger partial charge in [-0.2, -0.15) is 0 Å². The van der Waals surface area contributed by atoms with E-state index >= 15 is 0 Å². The molecule has 1 aliphatic rings. The number of hydrogen-bond donors (Lipinski definition) is 2. The lowest BCUT2D eigenvalue weighted by Crippen LogP contribution is -2.33. The topological polar surface area (TPSA) is 58.4 Å². The molecule has 98 valence electrons. The van der Waals surface area contributed by atoms with Crippen molar-refractivity contribution in [1.82, 2.24) is 5.32 Å². The number of carbonyl (C=O) groups excluding carboxylic acids is 1. The molecular weight excluding hydrogens is 226 g/mol. The van der Waals surface area contributed by atoms with Crippen molar-refractivity contribution in [2.24, 2.45) is 11.7 Å². The van der Waals surface area contributed by atoms with Gasteiger partial charge in [-0.1, -0.05) is 18.2 Å². The number of carbonyl (C=O) groups is 1. The number of hydrogen-bond acceptors (Lipinski definition) is 2. The van der Waals surface area contributed by atoms with Crippen LogP contribution in [0, 0.1) is 5.92 Å². The molecule has 1 heterocycles. The van der Waals surface area contributed by atoms with Gasteiger partial charge in [0.25, 0.3) is 0 Å². The number of nitrogens with zero attached hydrogens (tertiary/aromatic N) is 1. The lowest BCUT2D eigenvalue weighted by molar-refractivity contribution is 0.255. The van der Waals surface area contributed by atoms with E-state index in [2.05, 4.69) is 11.4 Å². The summed E-state index contributed by atoms with van der Waals surface area (Å²) in [5.74, 6) is 0.702. The third kappa shape index (κ3) is 3.01. The van der Waals surface area contributed by atoms with E-state index in [-0.39, 0.29) is 0 Å². The number of piperidine rings is 1. The molecule has 2 rings (SSSR count). The Kier molecular flexibility index (Phi) is 4.20. The average molecular weight is 247 g/mol. The zero-order chi connectivity index (χ0) is 13.0. The predicted molar refractivity (Wildman–Crippen MR) is 73.7 cm³/mol. The van der Waals surface area contributed by atoms with E-state index in [1.165, 1.54) is 23.3 Å². The molecule has 0 spiro atoms. The zero-order valence-corrected chi connectivity index (χ0v) is 10.9. The van der Waals surface area contributed by atoms with Crippen LogP contribution in [0.3, 0.4) is 0 Å². The standard InChI is InChI=1S/C14H21N3O/c1-17(14(15)18)13-5-3-2-4-12(13)10-11-6-8-16-9-7-11/h2-5,11,16H,6-10H2,1H3,(H2,15,18). The predicted octanol–water partition coefficient (Wildman–Crippen LogP) is 1.74. The van der Waals surface area contributed by atoms with Crippen LogP contribution >= 0.6 is 0 Å². The Bertz CT molecular complexity index is 413. The maximum Gasteiger partial charge on any atom is 0.319 e. The summed E-state index contributed by atoms with van der Waals surface area (Å²) in [6.45, 7) is 2.19. The maximum absolute atomic E-state index is 11.3. The third-order valence-electron chi connectivity index (χ3n) is 3.65. The number of primary amides is 1. The van der Waals surface area contributed by atoms with Crippen LogP contribution in [0.1, 0.15) is 18.4 Å². The van der Waals surface area contributed by atoms with Crippen molar-refractivity contribution < 1.29 is 4.79 Å². The monoisotopic (exact) mass is 247 g/mol. The molecule has 2 amide bonds. The molecule has 0 unspecified atom stereocenters. The van der Waals surface area contributed by atoms with Crippen LogP contribution in [0.2, 0.25) is 0 Å². The van der Waals surface area contributed by atoms with Gasteiger partial charge in [-0.05, 0) is 49.9 Å². The Morgan fingerprint density at radius 3 is 2.72 bits per heavy atom. The van der Waals surface area contributed by atoms with E-state index < -0.39 is 6.03 Å². The Morgan fingerprint density at radius 2 is 2.06 bits per heavy atom. The highest BCUT2D eigenvalue weighted by Crippen LogP contribution is 2.25. The highest BCUT2D eigenvalue weighted by molar-refractivity contribution is 5.90. The maximum atomic E-state index is 11.3. The number of anilines is 1. The van der Waals surface area contributed by atoms with Crippen LogP contribution in [-0.2, 0) is 6.42 Å². The van der Waals surface area contributed by atoms with Crippen molar-refractivity contribution in [1.29, 1.82) is 0 Å². The molecular formula is C14H21N3O. The fourth-order valence-corrected chi connectivity index (χ4v) is 2.53. The number of para-hydroxylation sites is 1. The van der Waals surface area contributed by atoms with E-state index in [1.54, 1.807) is 7.05 Å². The van der Waals surface area contributed by atoms with Gasteiger partial charge in [-0.3, -0.25) is 4.90 Å². The van der Waals surface area contributed by atoms with Crippen LogP contribution < -0.4 is 16.0 Å². The van der Waals surface area contributed by atoms with E-state index in [1.807, 2.05) is 18.2 Å². The van der Waals surface area contributed by atoms with Gasteiger partial charge in [0, 0.05) is 12.7 Å². The first-order valence-electron chi connectivity index (χ1n) is 6.50. The molecule has 4 heteroatoms. The second kappa shape index (κ2) is 5.87. The molecule has 1 saturated heterocycles. The number of benzene rings is 1. The summed E-state index contributed by atoms with van der Waals surface area (Å²) in [7, 11) is 1.73. The highest BCUT2D eigenvalue weighted by Gasteiger charge is 2.17. The Morgan fingerprint density at radius 1 is 1.39 bits per heavy atom. The number of urea groups is 1. The fourth-order valence-electron chi connectivity index (χ4n) is 2.53. The zero-order valence-electron chi connectivity index (χ0n) is 10.9. The summed E-state index contributed by atoms with van der Waals surface area (Å²) < 4.78 is 0. The van der Waals surface area contributed by atoms with Gasteiger partial charge in [0.15, 0.2) is 0 Å². The van der Waals surface area contributed by atoms with Gasteiger partial charge in [0.1, 0.15) is 0 Å². The van der Waals surface area contributed by atoms with Gasteiger partial charge in [0.2, 0.25) is 0 Å². The van der Waals surface area contributed by atoms with E-state index in [0.29, 0.717) is 5.92 Å². The van der Waals surface area contributed by atoms with Crippen LogP contribution in [0.5, 0.6) is 0 Å².